The van der Waals surface area contributed by atoms with Gasteiger partial charge in [-0.15, -0.1) is 0 Å². The second-order valence-electron chi connectivity index (χ2n) is 15.8. The third kappa shape index (κ3) is 7.53. The minimum atomic E-state index is -2.36. The Labute approximate surface area is 368 Å². The minimum Gasteiger partial charge on any atom is -0.507 e. The fourth-order valence-electron chi connectivity index (χ4n) is 8.99. The zero-order valence-corrected chi connectivity index (χ0v) is 35.1. The number of rotatable bonds is 10. The largest absolute Gasteiger partial charge is 0.507 e. The number of aliphatic hydroxyl groups excluding tert-OH is 2. The number of nitrogens with zero attached hydrogens (tertiary/aromatic N) is 3. The monoisotopic (exact) mass is 908 g/mol. The van der Waals surface area contributed by atoms with Gasteiger partial charge >= 0.3 is 0 Å². The lowest BCUT2D eigenvalue weighted by molar-refractivity contribution is -0.265. The summed E-state index contributed by atoms with van der Waals surface area (Å²) < 4.78 is 44.4. The summed E-state index contributed by atoms with van der Waals surface area (Å²) in [7, 11) is 2.78. The van der Waals surface area contributed by atoms with Crippen molar-refractivity contribution in [3.8, 4) is 17.2 Å². The average Bonchev–Trinajstić information content (AvgIpc) is 3.61. The number of imide groups is 1. The summed E-state index contributed by atoms with van der Waals surface area (Å²) in [5.74, 6) is -7.28. The van der Waals surface area contributed by atoms with Crippen molar-refractivity contribution in [3.63, 3.8) is 0 Å². The van der Waals surface area contributed by atoms with E-state index in [-0.39, 0.29) is 34.4 Å². The SMILES string of the molecule is COc1cccc2c1C(=O)c1c(O)c3c(c(O)c1C2=O)C[C@@](O)(/C(CO)=N/NC(=O)c1ccc(N2C(=O)C=CC2=O)c(F)c1Cl)C[C@@H]3O[C@H]1CC(N2CCO[C@@H](OC)C2)[C@H](O)[C@H](C)O1. The molecule has 3 aliphatic heterocycles. The summed E-state index contributed by atoms with van der Waals surface area (Å²) in [6, 6.07) is 5.70. The second-order valence-corrected chi connectivity index (χ2v) is 16.2. The van der Waals surface area contributed by atoms with Gasteiger partial charge in [0.1, 0.15) is 22.8 Å². The third-order valence-corrected chi connectivity index (χ3v) is 12.6. The summed E-state index contributed by atoms with van der Waals surface area (Å²) in [4.78, 5) is 68.5. The molecule has 2 saturated heterocycles. The Balaban J connectivity index is 1.17. The summed E-state index contributed by atoms with van der Waals surface area (Å²) in [5.41, 5.74) is -3.67. The Morgan fingerprint density at radius 1 is 1.03 bits per heavy atom. The zero-order chi connectivity index (χ0) is 45.9. The molecule has 3 amide bonds. The number of methoxy groups -OCH3 is 2. The van der Waals surface area contributed by atoms with Gasteiger partial charge in [0.2, 0.25) is 5.78 Å². The molecule has 0 bridgehead atoms. The van der Waals surface area contributed by atoms with Crippen LogP contribution in [0.25, 0.3) is 0 Å². The molecule has 3 heterocycles. The van der Waals surface area contributed by atoms with Crippen LogP contribution in [0.2, 0.25) is 5.02 Å². The molecule has 8 rings (SSSR count). The number of carbonyl (C=O) groups is 5. The maximum absolute atomic E-state index is 15.4. The summed E-state index contributed by atoms with van der Waals surface area (Å²) in [6.07, 6.45) is -4.48. The van der Waals surface area contributed by atoms with E-state index in [1.54, 1.807) is 6.92 Å². The van der Waals surface area contributed by atoms with Crippen molar-refractivity contribution in [2.24, 2.45) is 5.10 Å². The number of aliphatic hydroxyl groups is 3. The molecule has 21 heteroatoms. The number of benzene rings is 3. The fourth-order valence-corrected chi connectivity index (χ4v) is 9.23. The Hall–Kier alpha value is -5.68. The van der Waals surface area contributed by atoms with Gasteiger partial charge in [0.05, 0.1) is 77.3 Å². The molecule has 0 saturated carbocycles. The van der Waals surface area contributed by atoms with Crippen LogP contribution in [0.1, 0.15) is 79.2 Å². The maximum Gasteiger partial charge on any atom is 0.272 e. The van der Waals surface area contributed by atoms with E-state index in [2.05, 4.69) is 10.5 Å². The summed E-state index contributed by atoms with van der Waals surface area (Å²) >= 11 is 6.19. The molecule has 2 fully saturated rings. The van der Waals surface area contributed by atoms with Crippen LogP contribution >= 0.6 is 11.6 Å². The summed E-state index contributed by atoms with van der Waals surface area (Å²) in [6.45, 7) is 1.60. The van der Waals surface area contributed by atoms with Crippen LogP contribution in [0, 0.1) is 5.82 Å². The van der Waals surface area contributed by atoms with Crippen molar-refractivity contribution in [2.75, 3.05) is 45.4 Å². The first-order valence-corrected chi connectivity index (χ1v) is 20.4. The van der Waals surface area contributed by atoms with Crippen LogP contribution < -0.4 is 15.1 Å². The van der Waals surface area contributed by atoms with Gasteiger partial charge in [-0.1, -0.05) is 23.7 Å². The van der Waals surface area contributed by atoms with Crippen LogP contribution in [0.15, 0.2) is 47.6 Å². The number of ketones is 2. The Bertz CT molecular complexity index is 2530. The zero-order valence-electron chi connectivity index (χ0n) is 34.4. The van der Waals surface area contributed by atoms with Crippen LogP contribution in [0.4, 0.5) is 10.1 Å². The minimum absolute atomic E-state index is 0.0234. The van der Waals surface area contributed by atoms with Gasteiger partial charge in [0.25, 0.3) is 17.7 Å². The molecule has 64 heavy (non-hydrogen) atoms. The van der Waals surface area contributed by atoms with Gasteiger partial charge in [-0.2, -0.15) is 5.10 Å². The van der Waals surface area contributed by atoms with Crippen molar-refractivity contribution in [3.05, 3.63) is 92.3 Å². The molecule has 3 aromatic carbocycles. The predicted octanol–water partition coefficient (Wildman–Crippen LogP) is 1.79. The van der Waals surface area contributed by atoms with Gasteiger partial charge < -0.3 is 49.2 Å². The third-order valence-electron chi connectivity index (χ3n) is 12.2. The topological polar surface area (TPSA) is 264 Å². The maximum atomic E-state index is 15.4. The molecule has 2 aliphatic carbocycles. The molecule has 0 spiro atoms. The molecule has 1 unspecified atom stereocenters. The number of halogens is 2. The molecule has 6 N–H and O–H groups in total. The number of phenolic OH excluding ortho intramolecular Hbond substituents is 2. The Kier molecular flexibility index (Phi) is 12.2. The Morgan fingerprint density at radius 2 is 1.75 bits per heavy atom. The second kappa shape index (κ2) is 17.4. The number of aromatic hydroxyl groups is 2. The number of hydrazone groups is 1. The van der Waals surface area contributed by atoms with Gasteiger partial charge in [0, 0.05) is 74.3 Å². The number of phenols is 2. The number of fused-ring (bicyclic) bond motifs is 3. The highest BCUT2D eigenvalue weighted by atomic mass is 35.5. The van der Waals surface area contributed by atoms with Crippen molar-refractivity contribution in [1.29, 1.82) is 0 Å². The van der Waals surface area contributed by atoms with E-state index in [9.17, 15) is 49.5 Å². The number of nitrogens with one attached hydrogen (secondary N) is 1. The van der Waals surface area contributed by atoms with E-state index in [0.29, 0.717) is 24.6 Å². The number of carbonyl (C=O) groups excluding carboxylic acids is 5. The standard InChI is InChI=1S/C43H42ClFN4O15/c1-18-37(53)23(48-11-12-62-30(16-48)61-3)13-29(63-18)64-25-15-43(59,26(17-50)46-47-42(58)20-7-8-22(36(45)35(20)44)49-27(51)9-10-28(49)52)14-21-32(25)41(57)34-33(39(21)55)38(54)19-5-4-6-24(60-2)31(19)40(34)56/h4-10,18,23,25,29-30,37,50,53,55,57,59H,11-17H2,1-3H3,(H,47,58)/b46-26+/t18-,23?,25-,29-,30+,37+,43-/m0/s1. The van der Waals surface area contributed by atoms with E-state index in [0.717, 1.165) is 24.3 Å². The molecular formula is C43H42ClFN4O15. The highest BCUT2D eigenvalue weighted by Gasteiger charge is 2.50. The van der Waals surface area contributed by atoms with E-state index >= 15 is 4.39 Å². The molecule has 0 radical (unpaired) electrons. The normalized spacial score (nSPS) is 27.1. The van der Waals surface area contributed by atoms with Crippen molar-refractivity contribution < 1.29 is 77.6 Å². The molecule has 7 atom stereocenters. The van der Waals surface area contributed by atoms with E-state index < -0.39 is 142 Å². The van der Waals surface area contributed by atoms with E-state index in [4.69, 9.17) is 35.3 Å². The van der Waals surface area contributed by atoms with Crippen molar-refractivity contribution in [2.45, 2.75) is 68.7 Å². The highest BCUT2D eigenvalue weighted by Crippen LogP contribution is 2.53. The fraction of sp³-hybridized carbons (Fsp3) is 0.395. The number of hydrogen-bond acceptors (Lipinski definition) is 17. The van der Waals surface area contributed by atoms with Gasteiger partial charge in [-0.05, 0) is 25.1 Å². The van der Waals surface area contributed by atoms with E-state index in [1.807, 2.05) is 4.90 Å². The van der Waals surface area contributed by atoms with Gasteiger partial charge in [-0.25, -0.2) is 14.7 Å². The molecule has 338 valence electrons. The van der Waals surface area contributed by atoms with Crippen LogP contribution in [-0.4, -0.2) is 142 Å². The molecular weight excluding hydrogens is 867 g/mol. The molecule has 5 aliphatic rings. The van der Waals surface area contributed by atoms with Crippen LogP contribution in [0.5, 0.6) is 17.2 Å². The summed E-state index contributed by atoms with van der Waals surface area (Å²) in [5, 5.41) is 61.7. The lowest BCUT2D eigenvalue weighted by atomic mass is 9.71. The Morgan fingerprint density at radius 3 is 2.44 bits per heavy atom. The number of anilines is 1. The molecule has 0 aromatic heterocycles. The predicted molar refractivity (Wildman–Crippen MR) is 219 cm³/mol. The highest BCUT2D eigenvalue weighted by molar-refractivity contribution is 6.35. The lowest BCUT2D eigenvalue weighted by Crippen LogP contribution is -2.59. The van der Waals surface area contributed by atoms with Gasteiger partial charge in [0.15, 0.2) is 24.2 Å². The number of amides is 3. The average molecular weight is 909 g/mol. The molecule has 19 nitrogen and oxygen atoms in total. The van der Waals surface area contributed by atoms with Crippen molar-refractivity contribution >= 4 is 52.3 Å². The smallest absolute Gasteiger partial charge is 0.272 e. The first-order chi connectivity index (χ1) is 30.5. The number of morpholine rings is 1. The lowest BCUT2D eigenvalue weighted by Gasteiger charge is -2.47. The van der Waals surface area contributed by atoms with Crippen molar-refractivity contribution in [1.82, 2.24) is 10.3 Å². The first kappa shape index (κ1) is 44.9. The van der Waals surface area contributed by atoms with E-state index in [1.165, 1.54) is 32.4 Å². The van der Waals surface area contributed by atoms with Crippen LogP contribution in [-0.2, 0) is 35.0 Å². The number of ether oxygens (including phenoxy) is 5. The molecule has 3 aromatic rings. The first-order valence-electron chi connectivity index (χ1n) is 20.0. The van der Waals surface area contributed by atoms with Gasteiger partial charge in [-0.3, -0.25) is 28.9 Å². The van der Waals surface area contributed by atoms with Crippen LogP contribution in [0.3, 0.4) is 0 Å². The quantitative estimate of drug-likeness (QED) is 0.0574. The number of hydrogen-bond donors (Lipinski definition) is 6.